The van der Waals surface area contributed by atoms with Gasteiger partial charge in [0.05, 0.1) is 0 Å². The smallest absolute Gasteiger partial charge is 0.209 e. The molecule has 1 saturated carbocycles. The molecule has 1 aliphatic heterocycles. The van der Waals surface area contributed by atoms with Crippen LogP contribution in [-0.2, 0) is 4.79 Å². The maximum Gasteiger partial charge on any atom is 0.209 e. The van der Waals surface area contributed by atoms with Crippen molar-refractivity contribution in [1.29, 1.82) is 0 Å². The minimum absolute atomic E-state index is 0.652. The van der Waals surface area contributed by atoms with Crippen LogP contribution in [0, 0.1) is 5.41 Å². The fraction of sp³-hybridized carbons (Fsp3) is 0.900. The summed E-state index contributed by atoms with van der Waals surface area (Å²) < 4.78 is 0. The summed E-state index contributed by atoms with van der Waals surface area (Å²) in [4.78, 5) is 12.4. The van der Waals surface area contributed by atoms with Crippen molar-refractivity contribution in [1.82, 2.24) is 4.90 Å². The first-order valence-corrected chi connectivity index (χ1v) is 5.04. The van der Waals surface area contributed by atoms with Crippen molar-refractivity contribution in [3.63, 3.8) is 0 Å². The number of carbonyl (C=O) groups excluding carboxylic acids is 1. The number of nitrogens with zero attached hydrogens (tertiary/aromatic N) is 1. The zero-order chi connectivity index (χ0) is 8.44. The summed E-state index contributed by atoms with van der Waals surface area (Å²) in [5.41, 5.74) is 0.652. The number of carbonyl (C=O) groups is 1. The Kier molecular flexibility index (Phi) is 2.07. The summed E-state index contributed by atoms with van der Waals surface area (Å²) in [6.45, 7) is 2.01. The molecule has 1 heterocycles. The first-order valence-electron chi connectivity index (χ1n) is 5.04. The summed E-state index contributed by atoms with van der Waals surface area (Å²) in [5.74, 6) is 0. The van der Waals surface area contributed by atoms with E-state index < -0.39 is 0 Å². The summed E-state index contributed by atoms with van der Waals surface area (Å²) >= 11 is 0. The highest BCUT2D eigenvalue weighted by Gasteiger charge is 2.36. The van der Waals surface area contributed by atoms with Crippen LogP contribution in [0.3, 0.4) is 0 Å². The minimum Gasteiger partial charge on any atom is -0.345 e. The normalized spacial score (nSPS) is 27.8. The standard InChI is InChI=1S/C10H17NO/c12-9-11-7-5-10(6-8-11)3-1-2-4-10/h9H,1-8H2. The van der Waals surface area contributed by atoms with E-state index in [2.05, 4.69) is 0 Å². The fourth-order valence-corrected chi connectivity index (χ4v) is 2.73. The van der Waals surface area contributed by atoms with Crippen molar-refractivity contribution in [3.8, 4) is 0 Å². The molecular formula is C10H17NO. The van der Waals surface area contributed by atoms with E-state index in [1.54, 1.807) is 0 Å². The van der Waals surface area contributed by atoms with E-state index in [9.17, 15) is 4.79 Å². The van der Waals surface area contributed by atoms with Crippen molar-refractivity contribution in [3.05, 3.63) is 0 Å². The first-order chi connectivity index (χ1) is 5.85. The van der Waals surface area contributed by atoms with E-state index in [1.165, 1.54) is 38.5 Å². The number of likely N-dealkylation sites (tertiary alicyclic amines) is 1. The zero-order valence-corrected chi connectivity index (χ0v) is 7.59. The van der Waals surface area contributed by atoms with Crippen molar-refractivity contribution < 1.29 is 4.79 Å². The largest absolute Gasteiger partial charge is 0.345 e. The van der Waals surface area contributed by atoms with E-state index in [-0.39, 0.29) is 0 Å². The second-order valence-corrected chi connectivity index (χ2v) is 4.35. The van der Waals surface area contributed by atoms with Gasteiger partial charge < -0.3 is 4.90 Å². The Morgan fingerprint density at radius 2 is 1.58 bits per heavy atom. The van der Waals surface area contributed by atoms with Crippen LogP contribution < -0.4 is 0 Å². The van der Waals surface area contributed by atoms with E-state index in [1.807, 2.05) is 4.90 Å². The quantitative estimate of drug-likeness (QED) is 0.545. The first kappa shape index (κ1) is 8.09. The van der Waals surface area contributed by atoms with Crippen LogP contribution in [0.1, 0.15) is 38.5 Å². The Morgan fingerprint density at radius 3 is 2.08 bits per heavy atom. The highest BCUT2D eigenvalue weighted by atomic mass is 16.1. The molecule has 2 rings (SSSR count). The molecule has 1 aliphatic carbocycles. The van der Waals surface area contributed by atoms with Crippen LogP contribution >= 0.6 is 0 Å². The number of hydrogen-bond donors (Lipinski definition) is 0. The monoisotopic (exact) mass is 167 g/mol. The van der Waals surface area contributed by atoms with Gasteiger partial charge in [0.1, 0.15) is 0 Å². The third-order valence-corrected chi connectivity index (χ3v) is 3.67. The number of amides is 1. The highest BCUT2D eigenvalue weighted by Crippen LogP contribution is 2.45. The van der Waals surface area contributed by atoms with Crippen LogP contribution in [0.2, 0.25) is 0 Å². The second kappa shape index (κ2) is 3.08. The van der Waals surface area contributed by atoms with Crippen LogP contribution in [0.25, 0.3) is 0 Å². The molecular weight excluding hydrogens is 150 g/mol. The van der Waals surface area contributed by atoms with Gasteiger partial charge in [0, 0.05) is 13.1 Å². The molecule has 0 atom stereocenters. The topological polar surface area (TPSA) is 20.3 Å². The van der Waals surface area contributed by atoms with Crippen molar-refractivity contribution in [2.75, 3.05) is 13.1 Å². The van der Waals surface area contributed by atoms with Gasteiger partial charge in [-0.05, 0) is 31.1 Å². The van der Waals surface area contributed by atoms with Crippen LogP contribution in [0.4, 0.5) is 0 Å². The molecule has 1 amide bonds. The van der Waals surface area contributed by atoms with Gasteiger partial charge in [0.25, 0.3) is 0 Å². The van der Waals surface area contributed by atoms with E-state index in [4.69, 9.17) is 0 Å². The molecule has 2 fully saturated rings. The summed E-state index contributed by atoms with van der Waals surface area (Å²) in [7, 11) is 0. The zero-order valence-electron chi connectivity index (χ0n) is 7.59. The van der Waals surface area contributed by atoms with Gasteiger partial charge in [-0.1, -0.05) is 12.8 Å². The SMILES string of the molecule is O=CN1CCC2(CCCC2)CC1. The molecule has 1 spiro atoms. The van der Waals surface area contributed by atoms with Gasteiger partial charge in [0.2, 0.25) is 6.41 Å². The Morgan fingerprint density at radius 1 is 1.00 bits per heavy atom. The molecule has 0 N–H and O–H groups in total. The molecule has 0 aromatic heterocycles. The molecule has 0 aromatic rings. The second-order valence-electron chi connectivity index (χ2n) is 4.35. The lowest BCUT2D eigenvalue weighted by atomic mass is 9.77. The third kappa shape index (κ3) is 1.35. The predicted octanol–water partition coefficient (Wildman–Crippen LogP) is 1.80. The number of hydrogen-bond acceptors (Lipinski definition) is 1. The van der Waals surface area contributed by atoms with Gasteiger partial charge in [-0.2, -0.15) is 0 Å². The Labute approximate surface area is 73.9 Å². The van der Waals surface area contributed by atoms with Crippen molar-refractivity contribution in [2.24, 2.45) is 5.41 Å². The summed E-state index contributed by atoms with van der Waals surface area (Å²) in [6, 6.07) is 0. The average molecular weight is 167 g/mol. The molecule has 0 radical (unpaired) electrons. The third-order valence-electron chi connectivity index (χ3n) is 3.67. The van der Waals surface area contributed by atoms with Crippen molar-refractivity contribution in [2.45, 2.75) is 38.5 Å². The molecule has 68 valence electrons. The number of piperidine rings is 1. The fourth-order valence-electron chi connectivity index (χ4n) is 2.73. The van der Waals surface area contributed by atoms with E-state index in [0.717, 1.165) is 19.5 Å². The Hall–Kier alpha value is -0.530. The lowest BCUT2D eigenvalue weighted by Gasteiger charge is -2.37. The molecule has 1 saturated heterocycles. The Bertz CT molecular complexity index is 163. The Balaban J connectivity index is 1.92. The molecule has 0 aromatic carbocycles. The predicted molar refractivity (Wildman–Crippen MR) is 47.8 cm³/mol. The minimum atomic E-state index is 0.652. The van der Waals surface area contributed by atoms with Crippen LogP contribution in [0.15, 0.2) is 0 Å². The molecule has 12 heavy (non-hydrogen) atoms. The molecule has 2 nitrogen and oxygen atoms in total. The number of rotatable bonds is 1. The molecule has 2 aliphatic rings. The van der Waals surface area contributed by atoms with Crippen LogP contribution in [-0.4, -0.2) is 24.4 Å². The maximum atomic E-state index is 10.5. The summed E-state index contributed by atoms with van der Waals surface area (Å²) in [5, 5.41) is 0. The highest BCUT2D eigenvalue weighted by molar-refractivity contribution is 5.47. The van der Waals surface area contributed by atoms with Gasteiger partial charge in [-0.15, -0.1) is 0 Å². The van der Waals surface area contributed by atoms with Gasteiger partial charge in [-0.25, -0.2) is 0 Å². The molecule has 0 bridgehead atoms. The molecule has 0 unspecified atom stereocenters. The lowest BCUT2D eigenvalue weighted by Crippen LogP contribution is -2.37. The lowest BCUT2D eigenvalue weighted by molar-refractivity contribution is -0.120. The van der Waals surface area contributed by atoms with E-state index >= 15 is 0 Å². The van der Waals surface area contributed by atoms with E-state index in [0.29, 0.717) is 5.41 Å². The van der Waals surface area contributed by atoms with Gasteiger partial charge in [-0.3, -0.25) is 4.79 Å². The average Bonchev–Trinajstić information content (AvgIpc) is 2.55. The van der Waals surface area contributed by atoms with Crippen LogP contribution in [0.5, 0.6) is 0 Å². The van der Waals surface area contributed by atoms with Crippen molar-refractivity contribution >= 4 is 6.41 Å². The van der Waals surface area contributed by atoms with Gasteiger partial charge >= 0.3 is 0 Å². The molecule has 2 heteroatoms. The van der Waals surface area contributed by atoms with Gasteiger partial charge in [0.15, 0.2) is 0 Å². The summed E-state index contributed by atoms with van der Waals surface area (Å²) in [6.07, 6.45) is 9.18. The maximum absolute atomic E-state index is 10.5.